The van der Waals surface area contributed by atoms with E-state index in [1.165, 1.54) is 23.1 Å². The number of carbonyl (C=O) groups excluding carboxylic acids is 2. The highest BCUT2D eigenvalue weighted by Crippen LogP contribution is 2.19. The van der Waals surface area contributed by atoms with E-state index in [4.69, 9.17) is 0 Å². The molecule has 1 fully saturated rings. The van der Waals surface area contributed by atoms with Crippen molar-refractivity contribution in [2.45, 2.75) is 6.42 Å². The SMILES string of the molecule is O=C(CC(=O)N1CCN(c2ccc(F)cc2)CC1)Nc1c(F)cccc1F. The number of para-hydroxylation sites is 1. The molecule has 0 bridgehead atoms. The van der Waals surface area contributed by atoms with Gasteiger partial charge in [0.1, 0.15) is 29.6 Å². The lowest BCUT2D eigenvalue weighted by Crippen LogP contribution is -2.49. The molecular weight excluding hydrogens is 359 g/mol. The summed E-state index contributed by atoms with van der Waals surface area (Å²) in [6.45, 7) is 1.89. The maximum absolute atomic E-state index is 13.6. The molecule has 1 N–H and O–H groups in total. The highest BCUT2D eigenvalue weighted by atomic mass is 19.1. The quantitative estimate of drug-likeness (QED) is 0.834. The Morgan fingerprint density at radius 1 is 0.889 bits per heavy atom. The minimum Gasteiger partial charge on any atom is -0.368 e. The molecule has 2 aromatic carbocycles. The van der Waals surface area contributed by atoms with Crippen LogP contribution in [-0.4, -0.2) is 42.9 Å². The van der Waals surface area contributed by atoms with E-state index in [0.29, 0.717) is 26.2 Å². The van der Waals surface area contributed by atoms with Crippen molar-refractivity contribution in [2.75, 3.05) is 36.4 Å². The number of hydrogen-bond donors (Lipinski definition) is 1. The van der Waals surface area contributed by atoms with Gasteiger partial charge in [-0.2, -0.15) is 0 Å². The van der Waals surface area contributed by atoms with Gasteiger partial charge in [-0.3, -0.25) is 9.59 Å². The van der Waals surface area contributed by atoms with E-state index in [0.717, 1.165) is 17.8 Å². The fourth-order valence-electron chi connectivity index (χ4n) is 2.92. The predicted molar refractivity (Wildman–Crippen MR) is 94.8 cm³/mol. The topological polar surface area (TPSA) is 52.7 Å². The van der Waals surface area contributed by atoms with Crippen LogP contribution >= 0.6 is 0 Å². The van der Waals surface area contributed by atoms with Gasteiger partial charge in [0.15, 0.2) is 0 Å². The fourth-order valence-corrected chi connectivity index (χ4v) is 2.92. The van der Waals surface area contributed by atoms with Gasteiger partial charge in [0.05, 0.1) is 0 Å². The Labute approximate surface area is 154 Å². The number of anilines is 2. The third-order valence-corrected chi connectivity index (χ3v) is 4.36. The number of nitrogens with one attached hydrogen (secondary N) is 1. The molecule has 1 heterocycles. The van der Waals surface area contributed by atoms with Crippen molar-refractivity contribution in [1.29, 1.82) is 0 Å². The molecular formula is C19H18F3N3O2. The number of hydrogen-bond acceptors (Lipinski definition) is 3. The Kier molecular flexibility index (Phi) is 5.63. The second kappa shape index (κ2) is 8.11. The normalized spacial score (nSPS) is 14.2. The fraction of sp³-hybridized carbons (Fsp3) is 0.263. The molecule has 0 atom stereocenters. The van der Waals surface area contributed by atoms with E-state index in [9.17, 15) is 22.8 Å². The first-order chi connectivity index (χ1) is 12.9. The van der Waals surface area contributed by atoms with Crippen molar-refractivity contribution in [3.63, 3.8) is 0 Å². The number of rotatable bonds is 4. The molecule has 0 radical (unpaired) electrons. The number of benzene rings is 2. The van der Waals surface area contributed by atoms with Gasteiger partial charge < -0.3 is 15.1 Å². The molecule has 0 aromatic heterocycles. The van der Waals surface area contributed by atoms with Crippen LogP contribution in [0.1, 0.15) is 6.42 Å². The summed E-state index contributed by atoms with van der Waals surface area (Å²) in [7, 11) is 0. The average Bonchev–Trinajstić information content (AvgIpc) is 2.65. The maximum Gasteiger partial charge on any atom is 0.233 e. The first-order valence-electron chi connectivity index (χ1n) is 8.46. The highest BCUT2D eigenvalue weighted by molar-refractivity contribution is 6.03. The number of piperazine rings is 1. The molecule has 2 aromatic rings. The first kappa shape index (κ1) is 18.8. The summed E-state index contributed by atoms with van der Waals surface area (Å²) in [4.78, 5) is 27.8. The van der Waals surface area contributed by atoms with Crippen molar-refractivity contribution >= 4 is 23.2 Å². The average molecular weight is 377 g/mol. The smallest absolute Gasteiger partial charge is 0.233 e. The van der Waals surface area contributed by atoms with Gasteiger partial charge in [-0.25, -0.2) is 13.2 Å². The Balaban J connectivity index is 1.52. The number of carbonyl (C=O) groups is 2. The van der Waals surface area contributed by atoms with Crippen molar-refractivity contribution in [1.82, 2.24) is 4.90 Å². The summed E-state index contributed by atoms with van der Waals surface area (Å²) in [5.41, 5.74) is 0.299. The van der Waals surface area contributed by atoms with Crippen LogP contribution in [0, 0.1) is 17.5 Å². The van der Waals surface area contributed by atoms with Crippen molar-refractivity contribution < 1.29 is 22.8 Å². The van der Waals surface area contributed by atoms with E-state index < -0.39 is 35.6 Å². The Hall–Kier alpha value is -3.03. The number of nitrogens with zero attached hydrogens (tertiary/aromatic N) is 2. The minimum atomic E-state index is -0.899. The Bertz CT molecular complexity index is 814. The zero-order chi connectivity index (χ0) is 19.4. The summed E-state index contributed by atoms with van der Waals surface area (Å²) in [5, 5.41) is 2.11. The summed E-state index contributed by atoms with van der Waals surface area (Å²) in [6, 6.07) is 9.32. The highest BCUT2D eigenvalue weighted by Gasteiger charge is 2.23. The predicted octanol–water partition coefficient (Wildman–Crippen LogP) is 2.78. The minimum absolute atomic E-state index is 0.315. The lowest BCUT2D eigenvalue weighted by Gasteiger charge is -2.36. The molecule has 1 aliphatic heterocycles. The molecule has 142 valence electrons. The molecule has 5 nitrogen and oxygen atoms in total. The third-order valence-electron chi connectivity index (χ3n) is 4.36. The van der Waals surface area contributed by atoms with Crippen LogP contribution in [0.15, 0.2) is 42.5 Å². The molecule has 27 heavy (non-hydrogen) atoms. The van der Waals surface area contributed by atoms with Crippen molar-refractivity contribution in [3.8, 4) is 0 Å². The van der Waals surface area contributed by atoms with Gasteiger partial charge in [0.25, 0.3) is 0 Å². The second-order valence-corrected chi connectivity index (χ2v) is 6.17. The molecule has 1 aliphatic rings. The van der Waals surface area contributed by atoms with Crippen molar-refractivity contribution in [3.05, 3.63) is 59.9 Å². The molecule has 0 unspecified atom stereocenters. The van der Waals surface area contributed by atoms with E-state index in [1.807, 2.05) is 4.90 Å². The van der Waals surface area contributed by atoms with E-state index in [1.54, 1.807) is 12.1 Å². The van der Waals surface area contributed by atoms with Gasteiger partial charge in [-0.05, 0) is 36.4 Å². The first-order valence-corrected chi connectivity index (χ1v) is 8.46. The molecule has 0 aliphatic carbocycles. The molecule has 0 saturated carbocycles. The number of halogens is 3. The van der Waals surface area contributed by atoms with Crippen molar-refractivity contribution in [2.24, 2.45) is 0 Å². The molecule has 1 saturated heterocycles. The summed E-state index contributed by atoms with van der Waals surface area (Å²) in [5.74, 6) is -3.30. The van der Waals surface area contributed by atoms with Gasteiger partial charge in [-0.1, -0.05) is 6.07 Å². The lowest BCUT2D eigenvalue weighted by atomic mass is 10.2. The Morgan fingerprint density at radius 3 is 2.07 bits per heavy atom. The third kappa shape index (κ3) is 4.58. The van der Waals surface area contributed by atoms with Crippen LogP contribution in [0.5, 0.6) is 0 Å². The zero-order valence-electron chi connectivity index (χ0n) is 14.4. The molecule has 3 rings (SSSR count). The molecule has 8 heteroatoms. The second-order valence-electron chi connectivity index (χ2n) is 6.17. The van der Waals surface area contributed by atoms with E-state index in [2.05, 4.69) is 5.32 Å². The van der Waals surface area contributed by atoms with E-state index >= 15 is 0 Å². The van der Waals surface area contributed by atoms with Gasteiger partial charge in [0, 0.05) is 31.9 Å². The standard InChI is InChI=1S/C19H18F3N3O2/c20-13-4-6-14(7-5-13)24-8-10-25(11-9-24)18(27)12-17(26)23-19-15(21)2-1-3-16(19)22/h1-7H,8-12H2,(H,23,26). The van der Waals surface area contributed by atoms with Gasteiger partial charge in [-0.15, -0.1) is 0 Å². The van der Waals surface area contributed by atoms with Crippen LogP contribution in [0.4, 0.5) is 24.5 Å². The van der Waals surface area contributed by atoms with E-state index in [-0.39, 0.29) is 5.82 Å². The van der Waals surface area contributed by atoms with Crippen LogP contribution in [0.25, 0.3) is 0 Å². The maximum atomic E-state index is 13.6. The summed E-state index contributed by atoms with van der Waals surface area (Å²) < 4.78 is 40.1. The summed E-state index contributed by atoms with van der Waals surface area (Å²) >= 11 is 0. The molecule has 0 spiro atoms. The van der Waals surface area contributed by atoms with Gasteiger partial charge >= 0.3 is 0 Å². The van der Waals surface area contributed by atoms with Crippen LogP contribution in [-0.2, 0) is 9.59 Å². The monoisotopic (exact) mass is 377 g/mol. The van der Waals surface area contributed by atoms with Crippen LogP contribution in [0.3, 0.4) is 0 Å². The zero-order valence-corrected chi connectivity index (χ0v) is 14.4. The number of amides is 2. The molecule has 2 amide bonds. The largest absolute Gasteiger partial charge is 0.368 e. The van der Waals surface area contributed by atoms with Crippen LogP contribution in [0.2, 0.25) is 0 Å². The van der Waals surface area contributed by atoms with Gasteiger partial charge in [0.2, 0.25) is 11.8 Å². The van der Waals surface area contributed by atoms with Crippen LogP contribution < -0.4 is 10.2 Å². The Morgan fingerprint density at radius 2 is 1.48 bits per heavy atom. The lowest BCUT2D eigenvalue weighted by molar-refractivity contribution is -0.134. The summed E-state index contributed by atoms with van der Waals surface area (Å²) in [6.07, 6.45) is -0.496.